The fraction of sp³-hybridized carbons (Fsp3) is 1.00. The number of rotatable bonds is 6. The zero-order chi connectivity index (χ0) is 11.3. The Bertz CT molecular complexity index is 170. The van der Waals surface area contributed by atoms with Gasteiger partial charge in [-0.05, 0) is 26.6 Å². The summed E-state index contributed by atoms with van der Waals surface area (Å²) in [7, 11) is 2.19. The van der Waals surface area contributed by atoms with Crippen LogP contribution in [0.3, 0.4) is 0 Å². The Hall–Kier alpha value is -0.120. The molecule has 15 heavy (non-hydrogen) atoms. The Balaban J connectivity index is 2.13. The molecule has 0 aliphatic carbocycles. The summed E-state index contributed by atoms with van der Waals surface area (Å²) >= 11 is 0. The Morgan fingerprint density at radius 1 is 1.47 bits per heavy atom. The molecule has 1 atom stereocenters. The molecule has 0 aromatic rings. The first-order chi connectivity index (χ1) is 7.11. The Labute approximate surface area is 94.8 Å². The summed E-state index contributed by atoms with van der Waals surface area (Å²) in [6.07, 6.45) is 1.31. The van der Waals surface area contributed by atoms with Crippen LogP contribution in [0.2, 0.25) is 0 Å². The van der Waals surface area contributed by atoms with E-state index in [9.17, 15) is 0 Å². The third kappa shape index (κ3) is 4.96. The van der Waals surface area contributed by atoms with Gasteiger partial charge in [-0.2, -0.15) is 0 Å². The first kappa shape index (κ1) is 12.9. The average molecular weight is 213 g/mol. The maximum Gasteiger partial charge on any atom is 0.0209 e. The van der Waals surface area contributed by atoms with Crippen LogP contribution in [0.1, 0.15) is 27.2 Å². The van der Waals surface area contributed by atoms with Crippen LogP contribution in [0, 0.1) is 0 Å². The highest BCUT2D eigenvalue weighted by Gasteiger charge is 2.22. The van der Waals surface area contributed by atoms with Gasteiger partial charge >= 0.3 is 0 Å². The lowest BCUT2D eigenvalue weighted by Gasteiger charge is -2.21. The number of hydrogen-bond acceptors (Lipinski definition) is 3. The SMILES string of the molecule is CCN(C)CCN1CCC(NC(C)C)C1. The molecule has 1 fully saturated rings. The van der Waals surface area contributed by atoms with E-state index in [0.29, 0.717) is 6.04 Å². The molecule has 0 aromatic carbocycles. The van der Waals surface area contributed by atoms with E-state index in [1.165, 1.54) is 32.6 Å². The smallest absolute Gasteiger partial charge is 0.0209 e. The molecule has 0 spiro atoms. The predicted molar refractivity (Wildman–Crippen MR) is 66.3 cm³/mol. The summed E-state index contributed by atoms with van der Waals surface area (Å²) in [5.41, 5.74) is 0. The van der Waals surface area contributed by atoms with Gasteiger partial charge in [-0.1, -0.05) is 20.8 Å². The molecular formula is C12H27N3. The number of nitrogens with zero attached hydrogens (tertiary/aromatic N) is 2. The van der Waals surface area contributed by atoms with E-state index >= 15 is 0 Å². The monoisotopic (exact) mass is 213 g/mol. The fourth-order valence-electron chi connectivity index (χ4n) is 2.11. The minimum absolute atomic E-state index is 0.619. The van der Waals surface area contributed by atoms with Crippen molar-refractivity contribution in [2.24, 2.45) is 0 Å². The van der Waals surface area contributed by atoms with E-state index < -0.39 is 0 Å². The number of likely N-dealkylation sites (N-methyl/N-ethyl adjacent to an activating group) is 1. The molecule has 1 rings (SSSR count). The molecule has 1 heterocycles. The quantitative estimate of drug-likeness (QED) is 0.710. The molecular weight excluding hydrogens is 186 g/mol. The van der Waals surface area contributed by atoms with E-state index in [1.807, 2.05) is 0 Å². The van der Waals surface area contributed by atoms with Gasteiger partial charge in [0.2, 0.25) is 0 Å². The zero-order valence-electron chi connectivity index (χ0n) is 10.8. The van der Waals surface area contributed by atoms with Crippen molar-refractivity contribution in [1.29, 1.82) is 0 Å². The standard InChI is InChI=1S/C12H27N3/c1-5-14(4)8-9-15-7-6-12(10-15)13-11(2)3/h11-13H,5-10H2,1-4H3. The molecule has 0 amide bonds. The second kappa shape index (κ2) is 6.46. The van der Waals surface area contributed by atoms with Crippen LogP contribution in [0.25, 0.3) is 0 Å². The van der Waals surface area contributed by atoms with Crippen molar-refractivity contribution in [2.45, 2.75) is 39.3 Å². The summed E-state index contributed by atoms with van der Waals surface area (Å²) in [6.45, 7) is 12.7. The zero-order valence-corrected chi connectivity index (χ0v) is 10.8. The Morgan fingerprint density at radius 3 is 2.80 bits per heavy atom. The average Bonchev–Trinajstić information content (AvgIpc) is 2.61. The second-order valence-corrected chi connectivity index (χ2v) is 5.00. The van der Waals surface area contributed by atoms with Crippen molar-refractivity contribution in [3.05, 3.63) is 0 Å². The molecule has 0 saturated carbocycles. The van der Waals surface area contributed by atoms with E-state index in [-0.39, 0.29) is 0 Å². The molecule has 0 radical (unpaired) electrons. The molecule has 1 N–H and O–H groups in total. The molecule has 3 nitrogen and oxygen atoms in total. The largest absolute Gasteiger partial charge is 0.310 e. The second-order valence-electron chi connectivity index (χ2n) is 5.00. The molecule has 1 aliphatic rings. The highest BCUT2D eigenvalue weighted by Crippen LogP contribution is 2.09. The molecule has 0 bridgehead atoms. The van der Waals surface area contributed by atoms with Gasteiger partial charge in [-0.15, -0.1) is 0 Å². The minimum Gasteiger partial charge on any atom is -0.310 e. The molecule has 1 saturated heterocycles. The number of likely N-dealkylation sites (tertiary alicyclic amines) is 1. The first-order valence-electron chi connectivity index (χ1n) is 6.28. The van der Waals surface area contributed by atoms with Gasteiger partial charge in [0.1, 0.15) is 0 Å². The Kier molecular flexibility index (Phi) is 5.58. The topological polar surface area (TPSA) is 18.5 Å². The lowest BCUT2D eigenvalue weighted by atomic mass is 10.2. The van der Waals surface area contributed by atoms with Crippen LogP contribution in [0.5, 0.6) is 0 Å². The molecule has 1 unspecified atom stereocenters. The number of nitrogens with one attached hydrogen (secondary N) is 1. The van der Waals surface area contributed by atoms with Crippen LogP contribution < -0.4 is 5.32 Å². The third-order valence-corrected chi connectivity index (χ3v) is 3.18. The van der Waals surface area contributed by atoms with Crippen molar-refractivity contribution >= 4 is 0 Å². The summed E-state index contributed by atoms with van der Waals surface area (Å²) in [6, 6.07) is 1.34. The molecule has 90 valence electrons. The highest BCUT2D eigenvalue weighted by molar-refractivity contribution is 4.82. The van der Waals surface area contributed by atoms with Gasteiger partial charge < -0.3 is 15.1 Å². The molecule has 3 heteroatoms. The van der Waals surface area contributed by atoms with Crippen molar-refractivity contribution in [2.75, 3.05) is 39.8 Å². The van der Waals surface area contributed by atoms with Crippen molar-refractivity contribution in [3.8, 4) is 0 Å². The minimum atomic E-state index is 0.619. The van der Waals surface area contributed by atoms with Crippen molar-refractivity contribution in [3.63, 3.8) is 0 Å². The van der Waals surface area contributed by atoms with Crippen molar-refractivity contribution in [1.82, 2.24) is 15.1 Å². The van der Waals surface area contributed by atoms with E-state index in [0.717, 1.165) is 12.6 Å². The van der Waals surface area contributed by atoms with E-state index in [2.05, 4.69) is 42.9 Å². The summed E-state index contributed by atoms with van der Waals surface area (Å²) < 4.78 is 0. The third-order valence-electron chi connectivity index (χ3n) is 3.18. The summed E-state index contributed by atoms with van der Waals surface area (Å²) in [5, 5.41) is 3.62. The van der Waals surface area contributed by atoms with Gasteiger partial charge in [-0.25, -0.2) is 0 Å². The summed E-state index contributed by atoms with van der Waals surface area (Å²) in [4.78, 5) is 4.95. The van der Waals surface area contributed by atoms with Crippen LogP contribution >= 0.6 is 0 Å². The maximum atomic E-state index is 3.62. The van der Waals surface area contributed by atoms with Crippen molar-refractivity contribution < 1.29 is 0 Å². The van der Waals surface area contributed by atoms with Gasteiger partial charge in [0, 0.05) is 31.7 Å². The van der Waals surface area contributed by atoms with E-state index in [4.69, 9.17) is 0 Å². The van der Waals surface area contributed by atoms with E-state index in [1.54, 1.807) is 0 Å². The summed E-state index contributed by atoms with van der Waals surface area (Å²) in [5.74, 6) is 0. The lowest BCUT2D eigenvalue weighted by molar-refractivity contribution is 0.259. The predicted octanol–water partition coefficient (Wildman–Crippen LogP) is 1.01. The van der Waals surface area contributed by atoms with Gasteiger partial charge in [0.15, 0.2) is 0 Å². The van der Waals surface area contributed by atoms with Crippen LogP contribution in [0.15, 0.2) is 0 Å². The van der Waals surface area contributed by atoms with Crippen LogP contribution in [-0.2, 0) is 0 Å². The van der Waals surface area contributed by atoms with Gasteiger partial charge in [0.25, 0.3) is 0 Å². The molecule has 0 aromatic heterocycles. The first-order valence-corrected chi connectivity index (χ1v) is 6.28. The Morgan fingerprint density at radius 2 is 2.20 bits per heavy atom. The van der Waals surface area contributed by atoms with Crippen LogP contribution in [-0.4, -0.2) is 61.7 Å². The number of hydrogen-bond donors (Lipinski definition) is 1. The fourth-order valence-corrected chi connectivity index (χ4v) is 2.11. The highest BCUT2D eigenvalue weighted by atomic mass is 15.2. The van der Waals surface area contributed by atoms with Gasteiger partial charge in [0.05, 0.1) is 0 Å². The van der Waals surface area contributed by atoms with Crippen LogP contribution in [0.4, 0.5) is 0 Å². The van der Waals surface area contributed by atoms with Gasteiger partial charge in [-0.3, -0.25) is 0 Å². The molecule has 1 aliphatic heterocycles. The normalized spacial score (nSPS) is 23.2. The lowest BCUT2D eigenvalue weighted by Crippen LogP contribution is -2.38. The maximum absolute atomic E-state index is 3.62.